The lowest BCUT2D eigenvalue weighted by atomic mass is 10.1. The van der Waals surface area contributed by atoms with E-state index in [0.717, 1.165) is 0 Å². The van der Waals surface area contributed by atoms with E-state index in [4.69, 9.17) is 22.5 Å². The van der Waals surface area contributed by atoms with Gasteiger partial charge in [-0.05, 0) is 32.2 Å². The van der Waals surface area contributed by atoms with Crippen LogP contribution in [0.1, 0.15) is 18.9 Å². The number of oxime groups is 1. The number of hydrogen-bond donors (Lipinski definition) is 2. The van der Waals surface area contributed by atoms with Gasteiger partial charge in [-0.1, -0.05) is 16.8 Å². The molecule has 1 rings (SSSR count). The van der Waals surface area contributed by atoms with Crippen LogP contribution >= 0.6 is 11.6 Å². The Morgan fingerprint density at radius 3 is 2.89 bits per heavy atom. The molecule has 0 saturated carbocycles. The van der Waals surface area contributed by atoms with Gasteiger partial charge in [-0.2, -0.15) is 0 Å². The molecule has 0 fully saturated rings. The molecular formula is C12H17ClFN3O. The fourth-order valence-corrected chi connectivity index (χ4v) is 1.78. The van der Waals surface area contributed by atoms with Crippen molar-refractivity contribution in [3.8, 4) is 0 Å². The van der Waals surface area contributed by atoms with E-state index in [9.17, 15) is 4.39 Å². The second kappa shape index (κ2) is 6.56. The maximum Gasteiger partial charge on any atom is 0.140 e. The molecule has 0 heterocycles. The molecule has 0 aromatic heterocycles. The Labute approximate surface area is 111 Å². The number of benzene rings is 1. The van der Waals surface area contributed by atoms with Gasteiger partial charge in [-0.15, -0.1) is 0 Å². The molecule has 1 aromatic rings. The molecule has 0 aliphatic carbocycles. The van der Waals surface area contributed by atoms with E-state index in [1.807, 2.05) is 18.9 Å². The minimum absolute atomic E-state index is 0.0271. The quantitative estimate of drug-likeness (QED) is 0.375. The van der Waals surface area contributed by atoms with E-state index in [0.29, 0.717) is 23.6 Å². The van der Waals surface area contributed by atoms with Gasteiger partial charge in [0.1, 0.15) is 11.7 Å². The van der Waals surface area contributed by atoms with Gasteiger partial charge in [0.15, 0.2) is 0 Å². The first-order valence-electron chi connectivity index (χ1n) is 5.54. The molecule has 0 radical (unpaired) electrons. The van der Waals surface area contributed by atoms with Gasteiger partial charge in [0.2, 0.25) is 0 Å². The largest absolute Gasteiger partial charge is 0.409 e. The highest BCUT2D eigenvalue weighted by Crippen LogP contribution is 2.17. The summed E-state index contributed by atoms with van der Waals surface area (Å²) in [4.78, 5) is 1.91. The summed E-state index contributed by atoms with van der Waals surface area (Å²) in [6, 6.07) is 4.49. The molecule has 100 valence electrons. The molecule has 3 N–H and O–H groups in total. The van der Waals surface area contributed by atoms with E-state index in [1.165, 1.54) is 12.1 Å². The molecule has 0 bridgehead atoms. The molecule has 0 amide bonds. The van der Waals surface area contributed by atoms with Gasteiger partial charge < -0.3 is 10.9 Å². The first kappa shape index (κ1) is 14.7. The molecule has 0 aliphatic rings. The number of hydrogen-bond acceptors (Lipinski definition) is 3. The summed E-state index contributed by atoms with van der Waals surface area (Å²) >= 11 is 5.83. The Kier molecular flexibility index (Phi) is 5.37. The Hall–Kier alpha value is -1.33. The summed E-state index contributed by atoms with van der Waals surface area (Å²) in [6.07, 6.45) is 0.412. The van der Waals surface area contributed by atoms with Gasteiger partial charge in [0, 0.05) is 29.6 Å². The molecule has 18 heavy (non-hydrogen) atoms. The van der Waals surface area contributed by atoms with Crippen LogP contribution in [0, 0.1) is 5.82 Å². The van der Waals surface area contributed by atoms with Crippen molar-refractivity contribution in [2.75, 3.05) is 7.05 Å². The van der Waals surface area contributed by atoms with Crippen LogP contribution in [0.2, 0.25) is 5.02 Å². The predicted molar refractivity (Wildman–Crippen MR) is 70.4 cm³/mol. The van der Waals surface area contributed by atoms with Crippen LogP contribution in [0.3, 0.4) is 0 Å². The third-order valence-corrected chi connectivity index (χ3v) is 3.05. The summed E-state index contributed by atoms with van der Waals surface area (Å²) in [6.45, 7) is 2.33. The van der Waals surface area contributed by atoms with Crippen molar-refractivity contribution in [2.24, 2.45) is 10.9 Å². The van der Waals surface area contributed by atoms with Gasteiger partial charge in [-0.3, -0.25) is 4.90 Å². The minimum Gasteiger partial charge on any atom is -0.409 e. The van der Waals surface area contributed by atoms with Crippen molar-refractivity contribution < 1.29 is 9.60 Å². The Bertz CT molecular complexity index is 439. The van der Waals surface area contributed by atoms with Gasteiger partial charge >= 0.3 is 0 Å². The summed E-state index contributed by atoms with van der Waals surface area (Å²) in [5.74, 6) is -0.136. The first-order chi connectivity index (χ1) is 8.43. The Morgan fingerprint density at radius 1 is 1.61 bits per heavy atom. The average Bonchev–Trinajstić information content (AvgIpc) is 2.33. The molecule has 1 atom stereocenters. The molecule has 0 spiro atoms. The zero-order valence-corrected chi connectivity index (χ0v) is 11.2. The highest BCUT2D eigenvalue weighted by Gasteiger charge is 2.13. The first-order valence-corrected chi connectivity index (χ1v) is 5.92. The fraction of sp³-hybridized carbons (Fsp3) is 0.417. The van der Waals surface area contributed by atoms with Crippen molar-refractivity contribution in [2.45, 2.75) is 25.9 Å². The second-order valence-electron chi connectivity index (χ2n) is 4.30. The van der Waals surface area contributed by atoms with Crippen LogP contribution in [-0.4, -0.2) is 29.0 Å². The number of amidine groups is 1. The van der Waals surface area contributed by atoms with Crippen LogP contribution in [-0.2, 0) is 6.54 Å². The van der Waals surface area contributed by atoms with Crippen LogP contribution in [0.15, 0.2) is 23.4 Å². The summed E-state index contributed by atoms with van der Waals surface area (Å²) in [5, 5.41) is 11.9. The maximum atomic E-state index is 13.5. The highest BCUT2D eigenvalue weighted by molar-refractivity contribution is 6.30. The number of nitrogens with zero attached hydrogens (tertiary/aromatic N) is 2. The lowest BCUT2D eigenvalue weighted by molar-refractivity contribution is 0.248. The van der Waals surface area contributed by atoms with E-state index < -0.39 is 0 Å². The lowest BCUT2D eigenvalue weighted by Crippen LogP contribution is -2.33. The molecule has 1 aromatic carbocycles. The fourth-order valence-electron chi connectivity index (χ4n) is 1.59. The van der Waals surface area contributed by atoms with E-state index in [-0.39, 0.29) is 17.7 Å². The van der Waals surface area contributed by atoms with Crippen molar-refractivity contribution in [3.63, 3.8) is 0 Å². The Balaban J connectivity index is 2.69. The van der Waals surface area contributed by atoms with E-state index >= 15 is 0 Å². The third-order valence-electron chi connectivity index (χ3n) is 2.81. The van der Waals surface area contributed by atoms with Crippen LogP contribution < -0.4 is 5.73 Å². The molecule has 6 heteroatoms. The minimum atomic E-state index is -0.290. The smallest absolute Gasteiger partial charge is 0.140 e. The summed E-state index contributed by atoms with van der Waals surface area (Å²) in [5.41, 5.74) is 5.96. The standard InChI is InChI=1S/C12H17ClFN3O/c1-8(5-12(15)16-18)17(2)7-9-6-10(13)3-4-11(9)14/h3-4,6,8,18H,5,7H2,1-2H3,(H2,15,16). The molecule has 0 saturated heterocycles. The molecule has 1 unspecified atom stereocenters. The van der Waals surface area contributed by atoms with Crippen molar-refractivity contribution in [1.82, 2.24) is 4.90 Å². The highest BCUT2D eigenvalue weighted by atomic mass is 35.5. The molecule has 4 nitrogen and oxygen atoms in total. The van der Waals surface area contributed by atoms with Crippen molar-refractivity contribution >= 4 is 17.4 Å². The SMILES string of the molecule is CC(C/C(N)=N/O)N(C)Cc1cc(Cl)ccc1F. The topological polar surface area (TPSA) is 61.9 Å². The Morgan fingerprint density at radius 2 is 2.28 bits per heavy atom. The van der Waals surface area contributed by atoms with Crippen LogP contribution in [0.4, 0.5) is 4.39 Å². The number of nitrogens with two attached hydrogens (primary N) is 1. The lowest BCUT2D eigenvalue weighted by Gasteiger charge is -2.24. The van der Waals surface area contributed by atoms with Gasteiger partial charge in [0.05, 0.1) is 0 Å². The average molecular weight is 274 g/mol. The zero-order valence-electron chi connectivity index (χ0n) is 10.4. The van der Waals surface area contributed by atoms with Crippen LogP contribution in [0.25, 0.3) is 0 Å². The van der Waals surface area contributed by atoms with Crippen molar-refractivity contribution in [3.05, 3.63) is 34.6 Å². The second-order valence-corrected chi connectivity index (χ2v) is 4.73. The van der Waals surface area contributed by atoms with E-state index in [1.54, 1.807) is 6.07 Å². The summed E-state index contributed by atoms with van der Waals surface area (Å²) < 4.78 is 13.5. The maximum absolute atomic E-state index is 13.5. The van der Waals surface area contributed by atoms with Gasteiger partial charge in [-0.25, -0.2) is 4.39 Å². The third kappa shape index (κ3) is 4.16. The van der Waals surface area contributed by atoms with Crippen LogP contribution in [0.5, 0.6) is 0 Å². The van der Waals surface area contributed by atoms with Crippen molar-refractivity contribution in [1.29, 1.82) is 0 Å². The molecular weight excluding hydrogens is 257 g/mol. The van der Waals surface area contributed by atoms with E-state index in [2.05, 4.69) is 5.16 Å². The molecule has 0 aliphatic heterocycles. The van der Waals surface area contributed by atoms with Gasteiger partial charge in [0.25, 0.3) is 0 Å². The summed E-state index contributed by atoms with van der Waals surface area (Å²) in [7, 11) is 1.84. The predicted octanol–water partition coefficient (Wildman–Crippen LogP) is 2.44. The number of rotatable bonds is 5. The normalized spacial score (nSPS) is 13.9. The monoisotopic (exact) mass is 273 g/mol. The zero-order chi connectivity index (χ0) is 13.7. The number of halogens is 2.